The standard InChI is InChI=1S/C21H33N3OS/c1-5-18-7-6-8-19(15-18)22-21(26)24(14-9-16(2)3)20-10-12-23(13-11-20)17(4)25/h6-8,15-16,20H,5,9-14H2,1-4H3,(H,22,26). The maximum atomic E-state index is 11.6. The number of amides is 1. The van der Waals surface area contributed by atoms with E-state index in [0.29, 0.717) is 12.0 Å². The van der Waals surface area contributed by atoms with Gasteiger partial charge in [-0.15, -0.1) is 0 Å². The molecule has 1 amide bonds. The Morgan fingerprint density at radius 1 is 1.35 bits per heavy atom. The maximum Gasteiger partial charge on any atom is 0.219 e. The van der Waals surface area contributed by atoms with Gasteiger partial charge in [0.1, 0.15) is 0 Å². The van der Waals surface area contributed by atoms with E-state index in [1.54, 1.807) is 6.92 Å². The molecule has 0 aliphatic carbocycles. The SMILES string of the molecule is CCc1cccc(NC(=S)N(CCC(C)C)C2CCN(C(C)=O)CC2)c1. The number of carbonyl (C=O) groups excluding carboxylic acids is 1. The Morgan fingerprint density at radius 2 is 2.04 bits per heavy atom. The molecule has 0 bridgehead atoms. The van der Waals surface area contributed by atoms with E-state index in [4.69, 9.17) is 12.2 Å². The summed E-state index contributed by atoms with van der Waals surface area (Å²) in [5.41, 5.74) is 2.37. The molecule has 1 saturated heterocycles. The van der Waals surface area contributed by atoms with Gasteiger partial charge in [0.2, 0.25) is 5.91 Å². The van der Waals surface area contributed by atoms with Crippen LogP contribution >= 0.6 is 12.2 Å². The second-order valence-corrected chi connectivity index (χ2v) is 7.98. The van der Waals surface area contributed by atoms with E-state index in [1.165, 1.54) is 5.56 Å². The second-order valence-electron chi connectivity index (χ2n) is 7.60. The van der Waals surface area contributed by atoms with Gasteiger partial charge < -0.3 is 15.1 Å². The Morgan fingerprint density at radius 3 is 2.62 bits per heavy atom. The first-order valence-electron chi connectivity index (χ1n) is 9.82. The first-order chi connectivity index (χ1) is 12.4. The lowest BCUT2D eigenvalue weighted by molar-refractivity contribution is -0.130. The quantitative estimate of drug-likeness (QED) is 0.752. The van der Waals surface area contributed by atoms with E-state index in [0.717, 1.165) is 56.1 Å². The molecule has 0 radical (unpaired) electrons. The van der Waals surface area contributed by atoms with Crippen LogP contribution in [-0.4, -0.2) is 46.5 Å². The molecule has 1 aliphatic heterocycles. The van der Waals surface area contributed by atoms with Gasteiger partial charge in [0.15, 0.2) is 5.11 Å². The molecule has 0 aromatic heterocycles. The summed E-state index contributed by atoms with van der Waals surface area (Å²) in [4.78, 5) is 15.9. The van der Waals surface area contributed by atoms with Crippen LogP contribution in [0.2, 0.25) is 0 Å². The van der Waals surface area contributed by atoms with E-state index in [2.05, 4.69) is 55.3 Å². The van der Waals surface area contributed by atoms with Gasteiger partial charge in [-0.3, -0.25) is 4.79 Å². The smallest absolute Gasteiger partial charge is 0.219 e. The number of anilines is 1. The molecule has 144 valence electrons. The normalized spacial score (nSPS) is 15.2. The van der Waals surface area contributed by atoms with Crippen molar-refractivity contribution in [3.63, 3.8) is 0 Å². The van der Waals surface area contributed by atoms with Gasteiger partial charge in [-0.05, 0) is 61.5 Å². The molecule has 0 unspecified atom stereocenters. The number of rotatable bonds is 6. The monoisotopic (exact) mass is 375 g/mol. The predicted molar refractivity (Wildman–Crippen MR) is 113 cm³/mol. The Balaban J connectivity index is 2.05. The molecule has 1 N–H and O–H groups in total. The Hall–Kier alpha value is -1.62. The number of piperidine rings is 1. The zero-order chi connectivity index (χ0) is 19.1. The summed E-state index contributed by atoms with van der Waals surface area (Å²) < 4.78 is 0. The lowest BCUT2D eigenvalue weighted by atomic mass is 10.0. The molecule has 1 fully saturated rings. The number of thiocarbonyl (C=S) groups is 1. The zero-order valence-corrected chi connectivity index (χ0v) is 17.4. The maximum absolute atomic E-state index is 11.6. The first kappa shape index (κ1) is 20.7. The van der Waals surface area contributed by atoms with Crippen LogP contribution in [0, 0.1) is 5.92 Å². The number of benzene rings is 1. The van der Waals surface area contributed by atoms with Gasteiger partial charge in [-0.25, -0.2) is 0 Å². The number of nitrogens with one attached hydrogen (secondary N) is 1. The van der Waals surface area contributed by atoms with Gasteiger partial charge >= 0.3 is 0 Å². The average Bonchev–Trinajstić information content (AvgIpc) is 2.62. The molecule has 1 aliphatic rings. The minimum atomic E-state index is 0.175. The molecule has 1 aromatic rings. The Bertz CT molecular complexity index is 609. The number of likely N-dealkylation sites (tertiary alicyclic amines) is 1. The summed E-state index contributed by atoms with van der Waals surface area (Å²) in [5.74, 6) is 0.815. The highest BCUT2D eigenvalue weighted by Crippen LogP contribution is 2.20. The Labute approximate surface area is 163 Å². The second kappa shape index (κ2) is 9.91. The lowest BCUT2D eigenvalue weighted by Crippen LogP contribution is -2.50. The third-order valence-electron chi connectivity index (χ3n) is 5.15. The van der Waals surface area contributed by atoms with Crippen molar-refractivity contribution in [1.82, 2.24) is 9.80 Å². The molecular weight excluding hydrogens is 342 g/mol. The van der Waals surface area contributed by atoms with Crippen molar-refractivity contribution in [2.75, 3.05) is 25.0 Å². The highest BCUT2D eigenvalue weighted by Gasteiger charge is 2.27. The summed E-state index contributed by atoms with van der Waals surface area (Å²) in [6.45, 7) is 10.9. The fourth-order valence-corrected chi connectivity index (χ4v) is 3.76. The summed E-state index contributed by atoms with van der Waals surface area (Å²) >= 11 is 5.79. The van der Waals surface area contributed by atoms with Gasteiger partial charge in [0, 0.05) is 38.3 Å². The van der Waals surface area contributed by atoms with Crippen LogP contribution in [0.3, 0.4) is 0 Å². The van der Waals surface area contributed by atoms with Crippen LogP contribution in [0.4, 0.5) is 5.69 Å². The number of hydrogen-bond acceptors (Lipinski definition) is 2. The number of hydrogen-bond donors (Lipinski definition) is 1. The molecule has 2 rings (SSSR count). The third-order valence-corrected chi connectivity index (χ3v) is 5.48. The van der Waals surface area contributed by atoms with E-state index in [1.807, 2.05) is 4.90 Å². The van der Waals surface area contributed by atoms with Crippen molar-refractivity contribution in [2.24, 2.45) is 5.92 Å². The van der Waals surface area contributed by atoms with Crippen LogP contribution in [0.5, 0.6) is 0 Å². The molecular formula is C21H33N3OS. The molecule has 1 heterocycles. The largest absolute Gasteiger partial charge is 0.346 e. The summed E-state index contributed by atoms with van der Waals surface area (Å²) in [5, 5.41) is 4.25. The highest BCUT2D eigenvalue weighted by molar-refractivity contribution is 7.80. The summed E-state index contributed by atoms with van der Waals surface area (Å²) in [6.07, 6.45) is 4.09. The lowest BCUT2D eigenvalue weighted by Gasteiger charge is -2.40. The number of aryl methyl sites for hydroxylation is 1. The fraction of sp³-hybridized carbons (Fsp3) is 0.619. The molecule has 0 atom stereocenters. The topological polar surface area (TPSA) is 35.6 Å². The molecule has 4 nitrogen and oxygen atoms in total. The minimum absolute atomic E-state index is 0.175. The minimum Gasteiger partial charge on any atom is -0.346 e. The number of carbonyl (C=O) groups is 1. The van der Waals surface area contributed by atoms with Crippen molar-refractivity contribution < 1.29 is 4.79 Å². The van der Waals surface area contributed by atoms with Gasteiger partial charge in [-0.2, -0.15) is 0 Å². The van der Waals surface area contributed by atoms with Gasteiger partial charge in [-0.1, -0.05) is 32.9 Å². The van der Waals surface area contributed by atoms with Crippen LogP contribution < -0.4 is 5.32 Å². The van der Waals surface area contributed by atoms with Crippen molar-refractivity contribution in [3.05, 3.63) is 29.8 Å². The van der Waals surface area contributed by atoms with Gasteiger partial charge in [0.25, 0.3) is 0 Å². The molecule has 0 saturated carbocycles. The summed E-state index contributed by atoms with van der Waals surface area (Å²) in [6, 6.07) is 8.87. The molecule has 5 heteroatoms. The van der Waals surface area contributed by atoms with Gasteiger partial charge in [0.05, 0.1) is 0 Å². The average molecular weight is 376 g/mol. The highest BCUT2D eigenvalue weighted by atomic mass is 32.1. The van der Waals surface area contributed by atoms with Crippen molar-refractivity contribution in [2.45, 2.75) is 59.4 Å². The Kier molecular flexibility index (Phi) is 7.88. The molecule has 0 spiro atoms. The predicted octanol–water partition coefficient (Wildman–Crippen LogP) is 4.30. The molecule has 26 heavy (non-hydrogen) atoms. The number of nitrogens with zero attached hydrogens (tertiary/aromatic N) is 2. The van der Waals surface area contributed by atoms with Crippen LogP contribution in [0.15, 0.2) is 24.3 Å². The van der Waals surface area contributed by atoms with Crippen molar-refractivity contribution in [3.8, 4) is 0 Å². The zero-order valence-electron chi connectivity index (χ0n) is 16.6. The van der Waals surface area contributed by atoms with Crippen LogP contribution in [-0.2, 0) is 11.2 Å². The van der Waals surface area contributed by atoms with Crippen molar-refractivity contribution >= 4 is 28.9 Å². The van der Waals surface area contributed by atoms with Crippen LogP contribution in [0.25, 0.3) is 0 Å². The van der Waals surface area contributed by atoms with E-state index >= 15 is 0 Å². The third kappa shape index (κ3) is 5.97. The van der Waals surface area contributed by atoms with E-state index in [-0.39, 0.29) is 5.91 Å². The van der Waals surface area contributed by atoms with E-state index < -0.39 is 0 Å². The van der Waals surface area contributed by atoms with E-state index in [9.17, 15) is 4.79 Å². The van der Waals surface area contributed by atoms with Crippen molar-refractivity contribution in [1.29, 1.82) is 0 Å². The molecule has 1 aromatic carbocycles. The fourth-order valence-electron chi connectivity index (χ4n) is 3.40. The van der Waals surface area contributed by atoms with Crippen LogP contribution in [0.1, 0.15) is 52.5 Å². The first-order valence-corrected chi connectivity index (χ1v) is 10.2. The summed E-state index contributed by atoms with van der Waals surface area (Å²) in [7, 11) is 0.